The lowest BCUT2D eigenvalue weighted by Crippen LogP contribution is -1.97. The Morgan fingerprint density at radius 1 is 0.862 bits per heavy atom. The van der Waals surface area contributed by atoms with Gasteiger partial charge in [0.1, 0.15) is 23.6 Å². The lowest BCUT2D eigenvalue weighted by Gasteiger charge is -2.13. The van der Waals surface area contributed by atoms with E-state index in [2.05, 4.69) is 52.7 Å². The number of fused-ring (bicyclic) bond motifs is 2. The van der Waals surface area contributed by atoms with Crippen LogP contribution in [0.3, 0.4) is 0 Å². The Bertz CT molecular complexity index is 1330. The predicted octanol–water partition coefficient (Wildman–Crippen LogP) is 7.00. The van der Waals surface area contributed by atoms with E-state index in [9.17, 15) is 0 Å². The summed E-state index contributed by atoms with van der Waals surface area (Å²) < 4.78 is 7.24. The number of rotatable bonds is 4. The molecule has 29 heavy (non-hydrogen) atoms. The minimum atomic E-state index is 0.810. The molecule has 2 heterocycles. The molecule has 0 radical (unpaired) electrons. The highest BCUT2D eigenvalue weighted by Crippen LogP contribution is 2.39. The van der Waals surface area contributed by atoms with Crippen molar-refractivity contribution in [1.82, 2.24) is 9.97 Å². The Morgan fingerprint density at radius 3 is 2.55 bits per heavy atom. The van der Waals surface area contributed by atoms with Crippen LogP contribution in [0.5, 0.6) is 11.5 Å². The van der Waals surface area contributed by atoms with Crippen molar-refractivity contribution in [2.24, 2.45) is 0 Å². The van der Waals surface area contributed by atoms with Crippen molar-refractivity contribution < 1.29 is 4.74 Å². The summed E-state index contributed by atoms with van der Waals surface area (Å²) in [5, 5.41) is 7.70. The number of para-hydroxylation sites is 1. The molecule has 142 valence electrons. The third kappa shape index (κ3) is 3.30. The minimum Gasteiger partial charge on any atom is -0.457 e. The second kappa shape index (κ2) is 7.18. The molecule has 0 saturated heterocycles. The molecule has 1 N–H and O–H groups in total. The topological polar surface area (TPSA) is 47.0 Å². The van der Waals surface area contributed by atoms with Crippen molar-refractivity contribution in [2.75, 3.05) is 5.32 Å². The first kappa shape index (κ1) is 17.6. The van der Waals surface area contributed by atoms with E-state index < -0.39 is 0 Å². The monoisotopic (exact) mass is 397 g/mol. The highest BCUT2D eigenvalue weighted by Gasteiger charge is 2.12. The van der Waals surface area contributed by atoms with Crippen LogP contribution in [0.15, 0.2) is 72.4 Å². The quantitative estimate of drug-likeness (QED) is 0.355. The van der Waals surface area contributed by atoms with E-state index >= 15 is 0 Å². The summed E-state index contributed by atoms with van der Waals surface area (Å²) in [7, 11) is 0. The third-order valence-electron chi connectivity index (χ3n) is 5.05. The molecule has 2 aromatic heterocycles. The molecular weight excluding hydrogens is 378 g/mol. The Hall–Kier alpha value is -3.44. The maximum absolute atomic E-state index is 6.11. The molecule has 4 nitrogen and oxygen atoms in total. The summed E-state index contributed by atoms with van der Waals surface area (Å²) in [6.07, 6.45) is 1.61. The van der Waals surface area contributed by atoms with Gasteiger partial charge in [-0.05, 0) is 72.8 Å². The van der Waals surface area contributed by atoms with Crippen molar-refractivity contribution in [3.05, 3.63) is 83.5 Å². The van der Waals surface area contributed by atoms with Gasteiger partial charge >= 0.3 is 0 Å². The van der Waals surface area contributed by atoms with E-state index in [4.69, 9.17) is 4.74 Å². The van der Waals surface area contributed by atoms with Gasteiger partial charge in [0.25, 0.3) is 0 Å². The molecule has 5 heteroatoms. The van der Waals surface area contributed by atoms with Crippen LogP contribution in [0, 0.1) is 13.8 Å². The van der Waals surface area contributed by atoms with Gasteiger partial charge in [0.2, 0.25) is 0 Å². The lowest BCUT2D eigenvalue weighted by molar-refractivity contribution is 0.488. The number of hydrogen-bond acceptors (Lipinski definition) is 5. The highest BCUT2D eigenvalue weighted by molar-refractivity contribution is 7.18. The fourth-order valence-corrected chi connectivity index (χ4v) is 4.26. The van der Waals surface area contributed by atoms with E-state index in [1.165, 1.54) is 11.1 Å². The predicted molar refractivity (Wildman–Crippen MR) is 121 cm³/mol. The molecule has 0 unspecified atom stereocenters. The van der Waals surface area contributed by atoms with Crippen LogP contribution in [0.25, 0.3) is 21.0 Å². The molecule has 5 aromatic rings. The second-order valence-corrected chi connectivity index (χ2v) is 7.91. The average molecular weight is 398 g/mol. The third-order valence-corrected chi connectivity index (χ3v) is 6.00. The number of thiophene rings is 1. The van der Waals surface area contributed by atoms with Crippen LogP contribution in [-0.2, 0) is 0 Å². The van der Waals surface area contributed by atoms with Gasteiger partial charge < -0.3 is 10.1 Å². The van der Waals surface area contributed by atoms with Gasteiger partial charge in [-0.25, -0.2) is 9.97 Å². The molecule has 0 spiro atoms. The van der Waals surface area contributed by atoms with Gasteiger partial charge in [-0.1, -0.05) is 18.2 Å². The zero-order valence-corrected chi connectivity index (χ0v) is 17.0. The van der Waals surface area contributed by atoms with Crippen LogP contribution in [-0.4, -0.2) is 9.97 Å². The molecule has 0 bridgehead atoms. The van der Waals surface area contributed by atoms with Crippen molar-refractivity contribution in [1.29, 1.82) is 0 Å². The number of anilines is 2. The molecule has 0 amide bonds. The van der Waals surface area contributed by atoms with E-state index in [1.807, 2.05) is 42.5 Å². The van der Waals surface area contributed by atoms with Gasteiger partial charge in [0.05, 0.1) is 15.9 Å². The fraction of sp³-hybridized carbons (Fsp3) is 0.0833. The molecule has 3 aromatic carbocycles. The SMILES string of the molecule is Cc1cc2ncnc(Nc3ccc(Oc4ccccc4)c4ccsc34)c2cc1C. The van der Waals surface area contributed by atoms with Crippen LogP contribution in [0.1, 0.15) is 11.1 Å². The van der Waals surface area contributed by atoms with Crippen molar-refractivity contribution in [3.8, 4) is 11.5 Å². The Balaban J connectivity index is 1.56. The summed E-state index contributed by atoms with van der Waals surface area (Å²) in [6.45, 7) is 4.21. The number of aromatic nitrogens is 2. The molecule has 0 atom stereocenters. The fourth-order valence-electron chi connectivity index (χ4n) is 3.38. The summed E-state index contributed by atoms with van der Waals surface area (Å²) in [5.41, 5.74) is 4.40. The molecule has 5 rings (SSSR count). The molecule has 0 fully saturated rings. The molecule has 0 aliphatic heterocycles. The Kier molecular flexibility index (Phi) is 4.37. The van der Waals surface area contributed by atoms with Crippen LogP contribution in [0.4, 0.5) is 11.5 Å². The van der Waals surface area contributed by atoms with E-state index in [0.29, 0.717) is 0 Å². The first-order valence-electron chi connectivity index (χ1n) is 9.41. The largest absolute Gasteiger partial charge is 0.457 e. The van der Waals surface area contributed by atoms with Crippen LogP contribution < -0.4 is 10.1 Å². The lowest BCUT2D eigenvalue weighted by atomic mass is 10.1. The van der Waals surface area contributed by atoms with Crippen molar-refractivity contribution in [3.63, 3.8) is 0 Å². The number of nitrogens with zero attached hydrogens (tertiary/aromatic N) is 2. The van der Waals surface area contributed by atoms with Gasteiger partial charge in [-0.2, -0.15) is 0 Å². The van der Waals surface area contributed by atoms with Gasteiger partial charge in [0.15, 0.2) is 0 Å². The number of benzene rings is 3. The van der Waals surface area contributed by atoms with Crippen molar-refractivity contribution >= 4 is 43.8 Å². The first-order chi connectivity index (χ1) is 14.2. The number of hydrogen-bond donors (Lipinski definition) is 1. The van der Waals surface area contributed by atoms with Crippen molar-refractivity contribution in [2.45, 2.75) is 13.8 Å². The highest BCUT2D eigenvalue weighted by atomic mass is 32.1. The zero-order chi connectivity index (χ0) is 19.8. The van der Waals surface area contributed by atoms with E-state index in [1.54, 1.807) is 17.7 Å². The maximum atomic E-state index is 6.11. The molecule has 0 aliphatic carbocycles. The van der Waals surface area contributed by atoms with Gasteiger partial charge in [0, 0.05) is 10.8 Å². The smallest absolute Gasteiger partial charge is 0.141 e. The summed E-state index contributed by atoms with van der Waals surface area (Å²) >= 11 is 1.68. The minimum absolute atomic E-state index is 0.810. The molecule has 0 aliphatic rings. The summed E-state index contributed by atoms with van der Waals surface area (Å²) in [6, 6.07) is 20.2. The maximum Gasteiger partial charge on any atom is 0.141 e. The standard InChI is InChI=1S/C24H19N3OS/c1-15-12-19-21(13-16(15)2)25-14-26-24(19)27-20-8-9-22(18-10-11-29-23(18)20)28-17-6-4-3-5-7-17/h3-14H,1-2H3,(H,25,26,27). The van der Waals surface area contributed by atoms with E-state index in [-0.39, 0.29) is 0 Å². The van der Waals surface area contributed by atoms with E-state index in [0.717, 1.165) is 44.0 Å². The Labute approximate surface area is 172 Å². The van der Waals surface area contributed by atoms with Gasteiger partial charge in [-0.15, -0.1) is 11.3 Å². The normalized spacial score (nSPS) is 11.1. The van der Waals surface area contributed by atoms with Gasteiger partial charge in [-0.3, -0.25) is 0 Å². The number of ether oxygens (including phenoxy) is 1. The Morgan fingerprint density at radius 2 is 1.69 bits per heavy atom. The second-order valence-electron chi connectivity index (χ2n) is 6.99. The number of nitrogens with one attached hydrogen (secondary N) is 1. The van der Waals surface area contributed by atoms with Crippen LogP contribution in [0.2, 0.25) is 0 Å². The molecule has 0 saturated carbocycles. The zero-order valence-electron chi connectivity index (χ0n) is 16.1. The summed E-state index contributed by atoms with van der Waals surface area (Å²) in [5.74, 6) is 2.48. The average Bonchev–Trinajstić information content (AvgIpc) is 3.23. The summed E-state index contributed by atoms with van der Waals surface area (Å²) in [4.78, 5) is 8.94. The molecular formula is C24H19N3OS. The number of aryl methyl sites for hydroxylation is 2. The van der Waals surface area contributed by atoms with Crippen LogP contribution >= 0.6 is 11.3 Å². The first-order valence-corrected chi connectivity index (χ1v) is 10.3.